The maximum absolute atomic E-state index is 4.62. The number of hydrogen-bond donors (Lipinski definition) is 0. The molecule has 0 unspecified atom stereocenters. The molecular formula is C15H19N5S. The highest BCUT2D eigenvalue weighted by Gasteiger charge is 2.18. The number of pyridine rings is 1. The molecule has 1 saturated heterocycles. The lowest BCUT2D eigenvalue weighted by Crippen LogP contribution is -2.46. The van der Waals surface area contributed by atoms with E-state index in [0.29, 0.717) is 0 Å². The quantitative estimate of drug-likeness (QED) is 0.804. The molecule has 0 amide bonds. The Morgan fingerprint density at radius 3 is 2.71 bits per heavy atom. The Bertz CT molecular complexity index is 569. The van der Waals surface area contributed by atoms with Crippen molar-refractivity contribution in [3.05, 3.63) is 42.5 Å². The number of aromatic nitrogens is 3. The van der Waals surface area contributed by atoms with Gasteiger partial charge in [0, 0.05) is 38.9 Å². The molecule has 0 N–H and O–H groups in total. The van der Waals surface area contributed by atoms with Crippen LogP contribution in [0, 0.1) is 0 Å². The summed E-state index contributed by atoms with van der Waals surface area (Å²) >= 11 is 1.63. The Kier molecular flexibility index (Phi) is 4.67. The smallest absolute Gasteiger partial charge is 0.148 e. The molecule has 110 valence electrons. The monoisotopic (exact) mass is 301 g/mol. The number of thioether (sulfide) groups is 1. The minimum Gasteiger partial charge on any atom is -0.353 e. The molecule has 0 aromatic carbocycles. The minimum absolute atomic E-state index is 0.922. The molecule has 3 heterocycles. The van der Waals surface area contributed by atoms with Gasteiger partial charge in [0.1, 0.15) is 10.8 Å². The predicted octanol–water partition coefficient (Wildman–Crippen LogP) is 1.92. The zero-order chi connectivity index (χ0) is 14.5. The van der Waals surface area contributed by atoms with Crippen LogP contribution in [-0.2, 0) is 6.54 Å². The number of piperazine rings is 1. The summed E-state index contributed by atoms with van der Waals surface area (Å²) in [4.78, 5) is 18.0. The van der Waals surface area contributed by atoms with Gasteiger partial charge in [-0.05, 0) is 18.4 Å². The van der Waals surface area contributed by atoms with Gasteiger partial charge >= 0.3 is 0 Å². The van der Waals surface area contributed by atoms with Crippen LogP contribution in [0.25, 0.3) is 0 Å². The van der Waals surface area contributed by atoms with Crippen molar-refractivity contribution in [2.45, 2.75) is 11.6 Å². The van der Waals surface area contributed by atoms with E-state index < -0.39 is 0 Å². The summed E-state index contributed by atoms with van der Waals surface area (Å²) in [7, 11) is 0. The number of rotatable bonds is 4. The second-order valence-corrected chi connectivity index (χ2v) is 5.83. The third kappa shape index (κ3) is 3.71. The lowest BCUT2D eigenvalue weighted by Gasteiger charge is -2.35. The van der Waals surface area contributed by atoms with Crippen LogP contribution < -0.4 is 4.90 Å². The Balaban J connectivity index is 1.57. The zero-order valence-electron chi connectivity index (χ0n) is 12.1. The van der Waals surface area contributed by atoms with Crippen LogP contribution in [0.2, 0.25) is 0 Å². The van der Waals surface area contributed by atoms with Crippen LogP contribution in [0.4, 0.5) is 5.82 Å². The molecule has 6 heteroatoms. The molecule has 0 bridgehead atoms. The Morgan fingerprint density at radius 2 is 2.00 bits per heavy atom. The van der Waals surface area contributed by atoms with Crippen LogP contribution in [0.5, 0.6) is 0 Å². The van der Waals surface area contributed by atoms with Gasteiger partial charge in [0.25, 0.3) is 0 Å². The maximum atomic E-state index is 4.62. The summed E-state index contributed by atoms with van der Waals surface area (Å²) < 4.78 is 0. The van der Waals surface area contributed by atoms with Crippen LogP contribution in [0.15, 0.2) is 41.8 Å². The van der Waals surface area contributed by atoms with Crippen molar-refractivity contribution >= 4 is 17.6 Å². The van der Waals surface area contributed by atoms with Crippen LogP contribution in [0.1, 0.15) is 5.69 Å². The first-order valence-electron chi connectivity index (χ1n) is 7.08. The van der Waals surface area contributed by atoms with Crippen molar-refractivity contribution in [3.63, 3.8) is 0 Å². The standard InChI is InChI=1S/C15H19N5S/c1-21-15-11-16-10-14(18-15)20-8-6-19(7-9-20)12-13-4-2-3-5-17-13/h2-5,10-11H,6-9,12H2,1H3. The molecule has 0 spiro atoms. The SMILES string of the molecule is CSc1cncc(N2CCN(Cc3ccccn3)CC2)n1. The average molecular weight is 301 g/mol. The fourth-order valence-corrected chi connectivity index (χ4v) is 2.80. The Hall–Kier alpha value is -1.66. The van der Waals surface area contributed by atoms with Gasteiger partial charge in [0.2, 0.25) is 0 Å². The first kappa shape index (κ1) is 14.3. The average Bonchev–Trinajstić information content (AvgIpc) is 2.56. The highest BCUT2D eigenvalue weighted by atomic mass is 32.2. The van der Waals surface area contributed by atoms with E-state index in [-0.39, 0.29) is 0 Å². The highest BCUT2D eigenvalue weighted by Crippen LogP contribution is 2.17. The van der Waals surface area contributed by atoms with E-state index in [1.54, 1.807) is 11.8 Å². The van der Waals surface area contributed by atoms with Crippen molar-refractivity contribution in [2.75, 3.05) is 37.3 Å². The second kappa shape index (κ2) is 6.87. The highest BCUT2D eigenvalue weighted by molar-refractivity contribution is 7.98. The third-order valence-electron chi connectivity index (χ3n) is 3.62. The van der Waals surface area contributed by atoms with Gasteiger partial charge < -0.3 is 4.90 Å². The largest absolute Gasteiger partial charge is 0.353 e. The van der Waals surface area contributed by atoms with Gasteiger partial charge in [-0.15, -0.1) is 11.8 Å². The molecular weight excluding hydrogens is 282 g/mol. The minimum atomic E-state index is 0.922. The van der Waals surface area contributed by atoms with Gasteiger partial charge in [-0.25, -0.2) is 4.98 Å². The van der Waals surface area contributed by atoms with Crippen LogP contribution in [-0.4, -0.2) is 52.3 Å². The van der Waals surface area contributed by atoms with Crippen molar-refractivity contribution < 1.29 is 0 Å². The first-order chi connectivity index (χ1) is 10.3. The molecule has 21 heavy (non-hydrogen) atoms. The molecule has 0 aliphatic carbocycles. The van der Waals surface area contributed by atoms with E-state index in [2.05, 4.69) is 30.8 Å². The van der Waals surface area contributed by atoms with Gasteiger partial charge in [-0.2, -0.15) is 0 Å². The first-order valence-corrected chi connectivity index (χ1v) is 8.31. The van der Waals surface area contributed by atoms with E-state index in [0.717, 1.165) is 49.3 Å². The van der Waals surface area contributed by atoms with Crippen molar-refractivity contribution in [3.8, 4) is 0 Å². The van der Waals surface area contributed by atoms with Gasteiger partial charge in [-0.3, -0.25) is 14.9 Å². The summed E-state index contributed by atoms with van der Waals surface area (Å²) in [5, 5.41) is 0.975. The molecule has 2 aromatic rings. The Labute approximate surface area is 129 Å². The third-order valence-corrected chi connectivity index (χ3v) is 4.23. The predicted molar refractivity (Wildman–Crippen MR) is 85.5 cm³/mol. The summed E-state index contributed by atoms with van der Waals surface area (Å²) in [6.45, 7) is 4.95. The molecule has 0 radical (unpaired) electrons. The number of nitrogens with zero attached hydrogens (tertiary/aromatic N) is 5. The molecule has 0 atom stereocenters. The number of hydrogen-bond acceptors (Lipinski definition) is 6. The molecule has 3 rings (SSSR count). The fourth-order valence-electron chi connectivity index (χ4n) is 2.44. The molecule has 1 aliphatic rings. The fraction of sp³-hybridized carbons (Fsp3) is 0.400. The topological polar surface area (TPSA) is 45.2 Å². The van der Waals surface area contributed by atoms with Gasteiger partial charge in [0.05, 0.1) is 18.1 Å². The van der Waals surface area contributed by atoms with Crippen molar-refractivity contribution in [1.29, 1.82) is 0 Å². The molecule has 1 aliphatic heterocycles. The molecule has 0 saturated carbocycles. The summed E-state index contributed by atoms with van der Waals surface area (Å²) in [6, 6.07) is 6.08. The lowest BCUT2D eigenvalue weighted by atomic mass is 10.2. The summed E-state index contributed by atoms with van der Waals surface area (Å²) in [6.07, 6.45) is 7.55. The summed E-state index contributed by atoms with van der Waals surface area (Å²) in [5.74, 6) is 0.985. The molecule has 2 aromatic heterocycles. The summed E-state index contributed by atoms with van der Waals surface area (Å²) in [5.41, 5.74) is 1.13. The van der Waals surface area contributed by atoms with E-state index in [9.17, 15) is 0 Å². The number of anilines is 1. The van der Waals surface area contributed by atoms with E-state index >= 15 is 0 Å². The van der Waals surface area contributed by atoms with Crippen molar-refractivity contribution in [2.24, 2.45) is 0 Å². The van der Waals surface area contributed by atoms with Gasteiger partial charge in [-0.1, -0.05) is 6.07 Å². The molecule has 1 fully saturated rings. The Morgan fingerprint density at radius 1 is 1.14 bits per heavy atom. The van der Waals surface area contributed by atoms with E-state index in [1.165, 1.54) is 0 Å². The van der Waals surface area contributed by atoms with Gasteiger partial charge in [0.15, 0.2) is 0 Å². The van der Waals surface area contributed by atoms with Crippen molar-refractivity contribution in [1.82, 2.24) is 19.9 Å². The zero-order valence-corrected chi connectivity index (χ0v) is 13.0. The van der Waals surface area contributed by atoms with Crippen LogP contribution >= 0.6 is 11.8 Å². The normalized spacial score (nSPS) is 16.1. The van der Waals surface area contributed by atoms with E-state index in [4.69, 9.17) is 0 Å². The molecule has 5 nitrogen and oxygen atoms in total. The van der Waals surface area contributed by atoms with E-state index in [1.807, 2.05) is 37.0 Å². The lowest BCUT2D eigenvalue weighted by molar-refractivity contribution is 0.246. The second-order valence-electron chi connectivity index (χ2n) is 5.00. The van der Waals surface area contributed by atoms with Crippen LogP contribution in [0.3, 0.4) is 0 Å². The maximum Gasteiger partial charge on any atom is 0.148 e.